The number of aromatic nitrogens is 2. The molecule has 0 atom stereocenters. The fourth-order valence-electron chi connectivity index (χ4n) is 2.85. The number of nitrogens with one attached hydrogen (secondary N) is 1. The lowest BCUT2D eigenvalue weighted by Gasteiger charge is -2.28. The van der Waals surface area contributed by atoms with Crippen molar-refractivity contribution in [2.24, 2.45) is 0 Å². The van der Waals surface area contributed by atoms with Crippen LogP contribution in [-0.2, 0) is 4.74 Å². The van der Waals surface area contributed by atoms with Crippen molar-refractivity contribution in [1.29, 1.82) is 0 Å². The van der Waals surface area contributed by atoms with Crippen LogP contribution in [0.4, 0.5) is 15.3 Å². The number of carbonyl (C=O) groups is 1. The van der Waals surface area contributed by atoms with Crippen LogP contribution in [-0.4, -0.2) is 49.3 Å². The lowest BCUT2D eigenvalue weighted by Crippen LogP contribution is -2.36. The second-order valence-electron chi connectivity index (χ2n) is 5.91. The fourth-order valence-corrected chi connectivity index (χ4v) is 3.84. The van der Waals surface area contributed by atoms with E-state index in [0.29, 0.717) is 35.2 Å². The number of halogens is 1. The number of nitrogens with zero attached hydrogens (tertiary/aromatic N) is 3. The SMILES string of the molecule is COc1cnc(N2CCOCC2)c2sc(NC(=O)c3ccc(F)cc3)nc12. The number of amides is 1. The van der Waals surface area contributed by atoms with Crippen LogP contribution in [0, 0.1) is 5.82 Å². The number of thiazole rings is 1. The summed E-state index contributed by atoms with van der Waals surface area (Å²) in [6.07, 6.45) is 1.64. The standard InChI is InChI=1S/C18H17FN4O3S/c1-25-13-10-20-16(23-6-8-26-9-7-23)15-14(13)21-18(27-15)22-17(24)11-2-4-12(19)5-3-11/h2-5,10H,6-9H2,1H3,(H,21,22,24). The van der Waals surface area contributed by atoms with Crippen molar-refractivity contribution in [1.82, 2.24) is 9.97 Å². The minimum Gasteiger partial charge on any atom is -0.493 e. The summed E-state index contributed by atoms with van der Waals surface area (Å²) in [4.78, 5) is 23.6. The first-order valence-corrected chi connectivity index (χ1v) is 9.20. The van der Waals surface area contributed by atoms with E-state index in [9.17, 15) is 9.18 Å². The highest BCUT2D eigenvalue weighted by atomic mass is 32.1. The summed E-state index contributed by atoms with van der Waals surface area (Å²) < 4.78 is 24.7. The van der Waals surface area contributed by atoms with Crippen LogP contribution in [0.25, 0.3) is 10.2 Å². The first-order valence-electron chi connectivity index (χ1n) is 8.39. The van der Waals surface area contributed by atoms with Crippen molar-refractivity contribution < 1.29 is 18.7 Å². The Bertz CT molecular complexity index is 971. The molecule has 0 radical (unpaired) electrons. The van der Waals surface area contributed by atoms with Gasteiger partial charge in [-0.1, -0.05) is 11.3 Å². The molecule has 9 heteroatoms. The number of pyridine rings is 1. The van der Waals surface area contributed by atoms with Crippen molar-refractivity contribution in [3.8, 4) is 5.75 Å². The van der Waals surface area contributed by atoms with Gasteiger partial charge in [-0.2, -0.15) is 0 Å². The molecule has 1 amide bonds. The molecule has 140 valence electrons. The molecule has 4 rings (SSSR count). The Morgan fingerprint density at radius 2 is 2.04 bits per heavy atom. The third-order valence-corrected chi connectivity index (χ3v) is 5.19. The van der Waals surface area contributed by atoms with Crippen molar-refractivity contribution in [2.45, 2.75) is 0 Å². The number of hydrogen-bond acceptors (Lipinski definition) is 7. The lowest BCUT2D eigenvalue weighted by atomic mass is 10.2. The molecule has 0 aliphatic carbocycles. The minimum atomic E-state index is -0.391. The van der Waals surface area contributed by atoms with Gasteiger partial charge in [0.1, 0.15) is 21.9 Å². The van der Waals surface area contributed by atoms with Gasteiger partial charge >= 0.3 is 0 Å². The number of fused-ring (bicyclic) bond motifs is 1. The summed E-state index contributed by atoms with van der Waals surface area (Å²) in [5.74, 6) is 0.598. The van der Waals surface area contributed by atoms with Gasteiger partial charge < -0.3 is 14.4 Å². The van der Waals surface area contributed by atoms with E-state index in [1.165, 1.54) is 35.6 Å². The molecule has 27 heavy (non-hydrogen) atoms. The van der Waals surface area contributed by atoms with Crippen molar-refractivity contribution in [3.63, 3.8) is 0 Å². The quantitative estimate of drug-likeness (QED) is 0.741. The highest BCUT2D eigenvalue weighted by Crippen LogP contribution is 2.38. The normalized spacial score (nSPS) is 14.4. The van der Waals surface area contributed by atoms with Crippen molar-refractivity contribution >= 4 is 38.4 Å². The third-order valence-electron chi connectivity index (χ3n) is 4.23. The van der Waals surface area contributed by atoms with Gasteiger partial charge in [0.15, 0.2) is 10.9 Å². The number of methoxy groups -OCH3 is 1. The maximum absolute atomic E-state index is 13.0. The molecule has 0 spiro atoms. The molecule has 7 nitrogen and oxygen atoms in total. The summed E-state index contributed by atoms with van der Waals surface area (Å²) in [5.41, 5.74) is 1.00. The van der Waals surface area contributed by atoms with E-state index in [0.717, 1.165) is 23.6 Å². The Balaban J connectivity index is 1.67. The van der Waals surface area contributed by atoms with Crippen LogP contribution in [0.5, 0.6) is 5.75 Å². The number of rotatable bonds is 4. The molecular weight excluding hydrogens is 371 g/mol. The van der Waals surface area contributed by atoms with Gasteiger partial charge in [0.2, 0.25) is 0 Å². The topological polar surface area (TPSA) is 76.6 Å². The van der Waals surface area contributed by atoms with Crippen molar-refractivity contribution in [3.05, 3.63) is 41.8 Å². The first kappa shape index (κ1) is 17.6. The molecule has 1 aliphatic rings. The number of morpholine rings is 1. The molecule has 3 aromatic rings. The summed E-state index contributed by atoms with van der Waals surface area (Å²) in [6, 6.07) is 5.35. The molecule has 0 unspecified atom stereocenters. The fraction of sp³-hybridized carbons (Fsp3) is 0.278. The van der Waals surface area contributed by atoms with Crippen LogP contribution in [0.15, 0.2) is 30.5 Å². The minimum absolute atomic E-state index is 0.353. The number of ether oxygens (including phenoxy) is 2. The average molecular weight is 388 g/mol. The Kier molecular flexibility index (Phi) is 4.87. The van der Waals surface area contributed by atoms with E-state index < -0.39 is 5.82 Å². The van der Waals surface area contributed by atoms with E-state index in [2.05, 4.69) is 20.2 Å². The molecule has 3 heterocycles. The highest BCUT2D eigenvalue weighted by molar-refractivity contribution is 7.23. The molecular formula is C18H17FN4O3S. The van der Waals surface area contributed by atoms with E-state index >= 15 is 0 Å². The molecule has 1 fully saturated rings. The number of hydrogen-bond donors (Lipinski definition) is 1. The zero-order chi connectivity index (χ0) is 18.8. The Morgan fingerprint density at radius 3 is 2.74 bits per heavy atom. The largest absolute Gasteiger partial charge is 0.493 e. The molecule has 0 bridgehead atoms. The Hall–Kier alpha value is -2.78. The number of anilines is 2. The summed E-state index contributed by atoms with van der Waals surface area (Å²) >= 11 is 1.33. The zero-order valence-corrected chi connectivity index (χ0v) is 15.4. The van der Waals surface area contributed by atoms with Gasteiger partial charge in [-0.05, 0) is 24.3 Å². The Morgan fingerprint density at radius 1 is 1.30 bits per heavy atom. The molecule has 1 aliphatic heterocycles. The molecule has 1 saturated heterocycles. The van der Waals surface area contributed by atoms with E-state index in [1.54, 1.807) is 13.3 Å². The number of carbonyl (C=O) groups excluding carboxylic acids is 1. The molecule has 1 aromatic carbocycles. The van der Waals surface area contributed by atoms with Gasteiger partial charge in [-0.25, -0.2) is 14.4 Å². The predicted molar refractivity (Wildman–Crippen MR) is 101 cm³/mol. The smallest absolute Gasteiger partial charge is 0.257 e. The maximum Gasteiger partial charge on any atom is 0.257 e. The molecule has 0 saturated carbocycles. The van der Waals surface area contributed by atoms with Crippen molar-refractivity contribution in [2.75, 3.05) is 43.6 Å². The average Bonchev–Trinajstić information content (AvgIpc) is 3.11. The van der Waals surface area contributed by atoms with E-state index in [-0.39, 0.29) is 5.91 Å². The van der Waals surface area contributed by atoms with Gasteiger partial charge in [0.25, 0.3) is 5.91 Å². The number of benzene rings is 1. The van der Waals surface area contributed by atoms with Gasteiger partial charge in [-0.15, -0.1) is 0 Å². The summed E-state index contributed by atoms with van der Waals surface area (Å²) in [7, 11) is 1.56. The van der Waals surface area contributed by atoms with Gasteiger partial charge in [0.05, 0.1) is 26.5 Å². The van der Waals surface area contributed by atoms with Crippen LogP contribution in [0.1, 0.15) is 10.4 Å². The van der Waals surface area contributed by atoms with E-state index in [1.807, 2.05) is 0 Å². The second-order valence-corrected chi connectivity index (χ2v) is 6.91. The Labute approximate surface area is 158 Å². The molecule has 2 aromatic heterocycles. The van der Waals surface area contributed by atoms with Crippen LogP contribution in [0.3, 0.4) is 0 Å². The summed E-state index contributed by atoms with van der Waals surface area (Å²) in [5, 5.41) is 3.20. The van der Waals surface area contributed by atoms with E-state index in [4.69, 9.17) is 9.47 Å². The molecule has 1 N–H and O–H groups in total. The van der Waals surface area contributed by atoms with Gasteiger partial charge in [0, 0.05) is 18.7 Å². The lowest BCUT2D eigenvalue weighted by molar-refractivity contribution is 0.102. The zero-order valence-electron chi connectivity index (χ0n) is 14.6. The second kappa shape index (κ2) is 7.45. The monoisotopic (exact) mass is 388 g/mol. The highest BCUT2D eigenvalue weighted by Gasteiger charge is 2.21. The maximum atomic E-state index is 13.0. The van der Waals surface area contributed by atoms with Crippen LogP contribution < -0.4 is 15.0 Å². The first-order chi connectivity index (χ1) is 13.2. The predicted octanol–water partition coefficient (Wildman–Crippen LogP) is 2.93. The van der Waals surface area contributed by atoms with Crippen LogP contribution >= 0.6 is 11.3 Å². The van der Waals surface area contributed by atoms with Gasteiger partial charge in [-0.3, -0.25) is 10.1 Å². The third kappa shape index (κ3) is 3.56. The summed E-state index contributed by atoms with van der Waals surface area (Å²) in [6.45, 7) is 2.76. The van der Waals surface area contributed by atoms with Crippen LogP contribution in [0.2, 0.25) is 0 Å².